The van der Waals surface area contributed by atoms with Crippen LogP contribution in [0.15, 0.2) is 28.8 Å². The summed E-state index contributed by atoms with van der Waals surface area (Å²) in [6, 6.07) is 7.63. The zero-order valence-corrected chi connectivity index (χ0v) is 26.2. The van der Waals surface area contributed by atoms with Gasteiger partial charge in [-0.25, -0.2) is 14.8 Å². The van der Waals surface area contributed by atoms with Crippen LogP contribution < -0.4 is 19.5 Å². The Hall–Kier alpha value is -4.72. The molecule has 13 heteroatoms. The number of H-pyrrole nitrogens is 1. The van der Waals surface area contributed by atoms with Crippen LogP contribution in [0.4, 0.5) is 0 Å². The van der Waals surface area contributed by atoms with Crippen LogP contribution in [0.3, 0.4) is 0 Å². The molecular weight excluding hydrogens is 592 g/mol. The van der Waals surface area contributed by atoms with Gasteiger partial charge in [0.2, 0.25) is 0 Å². The van der Waals surface area contributed by atoms with Crippen molar-refractivity contribution in [3.05, 3.63) is 47.1 Å². The fourth-order valence-corrected chi connectivity index (χ4v) is 6.31. The Morgan fingerprint density at radius 3 is 2.59 bits per heavy atom. The Morgan fingerprint density at radius 2 is 1.91 bits per heavy atom. The highest BCUT2D eigenvalue weighted by Gasteiger charge is 2.29. The predicted molar refractivity (Wildman–Crippen MR) is 170 cm³/mol. The molecule has 2 aliphatic rings. The minimum Gasteiger partial charge on any atom is -0.496 e. The molecule has 0 radical (unpaired) electrons. The van der Waals surface area contributed by atoms with Crippen molar-refractivity contribution < 1.29 is 33.4 Å². The van der Waals surface area contributed by atoms with Crippen LogP contribution >= 0.6 is 0 Å². The van der Waals surface area contributed by atoms with E-state index >= 15 is 0 Å². The number of carboxylic acid groups (broad SMARTS) is 1. The van der Waals surface area contributed by atoms with E-state index in [1.807, 2.05) is 33.0 Å². The number of likely N-dealkylation sites (N-methyl/N-ethyl adjacent to an activating group) is 1. The summed E-state index contributed by atoms with van der Waals surface area (Å²) in [4.78, 5) is 28.2. The molecule has 0 bridgehead atoms. The van der Waals surface area contributed by atoms with E-state index in [4.69, 9.17) is 33.4 Å². The third kappa shape index (κ3) is 5.19. The number of rotatable bonds is 11. The fourth-order valence-electron chi connectivity index (χ4n) is 6.31. The van der Waals surface area contributed by atoms with Crippen molar-refractivity contribution in [2.45, 2.75) is 26.3 Å². The van der Waals surface area contributed by atoms with Crippen molar-refractivity contribution in [1.82, 2.24) is 30.3 Å². The number of nitrogens with zero attached hydrogens (tertiary/aromatic N) is 4. The van der Waals surface area contributed by atoms with Gasteiger partial charge in [0.15, 0.2) is 11.5 Å². The van der Waals surface area contributed by atoms with Gasteiger partial charge < -0.3 is 38.9 Å². The Labute approximate surface area is 264 Å². The standard InChI is InChI=1S/C33H36N6O7/c1-17-27(18(2)46-38-17)23-13-24-22(14-25(23)42-4)28-29(20-5-6-21(33(40)41)31-30(20)44-11-12-45-31)36-26(37-32(28)35-24)7-9-39(10-8-34-3)19-15-43-16-19/h5-6,13-14,19,34H,7-12,15-16H2,1-4H3,(H,40,41)(H,35,36,37). The maximum atomic E-state index is 12.1. The molecular formula is C33H36N6O7. The molecule has 0 aliphatic carbocycles. The number of carboxylic acids is 1. The molecule has 0 spiro atoms. The molecule has 5 aromatic rings. The van der Waals surface area contributed by atoms with Crippen LogP contribution in [0, 0.1) is 13.8 Å². The van der Waals surface area contributed by atoms with E-state index in [0.717, 1.165) is 52.7 Å². The lowest BCUT2D eigenvalue weighted by Crippen LogP contribution is -2.51. The average Bonchev–Trinajstić information content (AvgIpc) is 3.57. The smallest absolute Gasteiger partial charge is 0.339 e. The maximum Gasteiger partial charge on any atom is 0.339 e. The van der Waals surface area contributed by atoms with E-state index in [9.17, 15) is 9.90 Å². The largest absolute Gasteiger partial charge is 0.496 e. The van der Waals surface area contributed by atoms with Gasteiger partial charge in [0.25, 0.3) is 0 Å². The minimum absolute atomic E-state index is 0.0385. The lowest BCUT2D eigenvalue weighted by atomic mass is 9.98. The first-order chi connectivity index (χ1) is 22.4. The Bertz CT molecular complexity index is 1930. The van der Waals surface area contributed by atoms with Gasteiger partial charge in [-0.15, -0.1) is 0 Å². The maximum absolute atomic E-state index is 12.1. The fraction of sp³-hybridized carbons (Fsp3) is 0.394. The molecule has 46 heavy (non-hydrogen) atoms. The van der Waals surface area contributed by atoms with E-state index in [-0.39, 0.29) is 24.5 Å². The monoisotopic (exact) mass is 628 g/mol. The number of aromatic amines is 1. The predicted octanol–water partition coefficient (Wildman–Crippen LogP) is 3.99. The van der Waals surface area contributed by atoms with E-state index in [1.54, 1.807) is 19.2 Å². The van der Waals surface area contributed by atoms with E-state index in [0.29, 0.717) is 65.7 Å². The van der Waals surface area contributed by atoms with Gasteiger partial charge in [0.05, 0.1) is 48.7 Å². The zero-order chi connectivity index (χ0) is 31.9. The van der Waals surface area contributed by atoms with Crippen molar-refractivity contribution in [2.24, 2.45) is 0 Å². The van der Waals surface area contributed by atoms with E-state index < -0.39 is 5.97 Å². The number of carbonyl (C=O) groups is 1. The second-order valence-corrected chi connectivity index (χ2v) is 11.5. The first-order valence-electron chi connectivity index (χ1n) is 15.3. The molecule has 0 atom stereocenters. The summed E-state index contributed by atoms with van der Waals surface area (Å²) in [5.74, 6) is 1.44. The van der Waals surface area contributed by atoms with Crippen LogP contribution in [0.5, 0.6) is 17.2 Å². The zero-order valence-electron chi connectivity index (χ0n) is 26.2. The molecule has 2 aromatic carbocycles. The van der Waals surface area contributed by atoms with Gasteiger partial charge in [-0.05, 0) is 45.2 Å². The van der Waals surface area contributed by atoms with Crippen LogP contribution in [0.25, 0.3) is 44.3 Å². The van der Waals surface area contributed by atoms with Crippen LogP contribution in [0.2, 0.25) is 0 Å². The molecule has 240 valence electrons. The third-order valence-electron chi connectivity index (χ3n) is 8.70. The van der Waals surface area contributed by atoms with Gasteiger partial charge >= 0.3 is 5.97 Å². The topological polar surface area (TPSA) is 157 Å². The summed E-state index contributed by atoms with van der Waals surface area (Å²) >= 11 is 0. The Kier molecular flexibility index (Phi) is 7.97. The number of methoxy groups -OCH3 is 1. The Morgan fingerprint density at radius 1 is 1.11 bits per heavy atom. The average molecular weight is 629 g/mol. The van der Waals surface area contributed by atoms with Crippen LogP contribution in [-0.4, -0.2) is 102 Å². The lowest BCUT2D eigenvalue weighted by Gasteiger charge is -2.37. The number of ether oxygens (including phenoxy) is 4. The molecule has 2 aliphatic heterocycles. The first-order valence-corrected chi connectivity index (χ1v) is 15.3. The number of benzene rings is 2. The summed E-state index contributed by atoms with van der Waals surface area (Å²) in [7, 11) is 3.58. The highest BCUT2D eigenvalue weighted by Crippen LogP contribution is 2.46. The second-order valence-electron chi connectivity index (χ2n) is 11.5. The van der Waals surface area contributed by atoms with Gasteiger partial charge in [0.1, 0.15) is 41.8 Å². The van der Waals surface area contributed by atoms with Crippen LogP contribution in [-0.2, 0) is 11.2 Å². The van der Waals surface area contributed by atoms with Crippen LogP contribution in [0.1, 0.15) is 27.6 Å². The van der Waals surface area contributed by atoms with E-state index in [2.05, 4.69) is 20.4 Å². The highest BCUT2D eigenvalue weighted by molar-refractivity contribution is 6.14. The first kappa shape index (κ1) is 30.0. The van der Waals surface area contributed by atoms with Crippen molar-refractivity contribution in [3.63, 3.8) is 0 Å². The number of aryl methyl sites for hydroxylation is 2. The minimum atomic E-state index is -1.09. The Balaban J connectivity index is 1.42. The number of hydrogen-bond acceptors (Lipinski definition) is 11. The number of aromatic nitrogens is 4. The van der Waals surface area contributed by atoms with E-state index in [1.165, 1.54) is 0 Å². The van der Waals surface area contributed by atoms with Gasteiger partial charge in [-0.3, -0.25) is 4.90 Å². The van der Waals surface area contributed by atoms with Gasteiger partial charge in [-0.1, -0.05) is 5.16 Å². The summed E-state index contributed by atoms with van der Waals surface area (Å²) in [6.45, 7) is 8.24. The highest BCUT2D eigenvalue weighted by atomic mass is 16.6. The van der Waals surface area contributed by atoms with Crippen molar-refractivity contribution in [2.75, 3.05) is 60.2 Å². The molecule has 3 aromatic heterocycles. The molecule has 0 unspecified atom stereocenters. The molecule has 0 saturated carbocycles. The molecule has 0 amide bonds. The SMILES string of the molecule is CNCCN(CCc1nc(-c2ccc(C(=O)O)c3c2OCCO3)c2c(n1)[nH]c1cc(-c3c(C)noc3C)c(OC)cc12)C1COC1. The summed E-state index contributed by atoms with van der Waals surface area (Å²) in [5.41, 5.74) is 5.23. The molecule has 5 heterocycles. The second kappa shape index (κ2) is 12.2. The number of aromatic carboxylic acids is 1. The summed E-state index contributed by atoms with van der Waals surface area (Å²) < 4.78 is 28.8. The molecule has 3 N–H and O–H groups in total. The number of fused-ring (bicyclic) bond motifs is 4. The number of hydrogen-bond donors (Lipinski definition) is 3. The quantitative estimate of drug-likeness (QED) is 0.194. The molecule has 1 fully saturated rings. The van der Waals surface area contributed by atoms with Crippen molar-refractivity contribution in [3.8, 4) is 39.6 Å². The van der Waals surface area contributed by atoms with Gasteiger partial charge in [0, 0.05) is 48.1 Å². The summed E-state index contributed by atoms with van der Waals surface area (Å²) in [5, 5.41) is 18.9. The molecule has 7 rings (SSSR count). The normalized spacial score (nSPS) is 14.7. The lowest BCUT2D eigenvalue weighted by molar-refractivity contribution is -0.0640. The van der Waals surface area contributed by atoms with Gasteiger partial charge in [-0.2, -0.15) is 0 Å². The molecule has 13 nitrogen and oxygen atoms in total. The van der Waals surface area contributed by atoms with Crippen molar-refractivity contribution in [1.29, 1.82) is 0 Å². The number of nitrogens with one attached hydrogen (secondary N) is 2. The van der Waals surface area contributed by atoms with Crippen molar-refractivity contribution >= 4 is 27.9 Å². The summed E-state index contributed by atoms with van der Waals surface area (Å²) in [6.07, 6.45) is 0.596. The molecule has 1 saturated heterocycles. The third-order valence-corrected chi connectivity index (χ3v) is 8.70.